The van der Waals surface area contributed by atoms with Crippen molar-refractivity contribution in [3.8, 4) is 5.69 Å². The number of carbonyl (C=O) groups excluding carboxylic acids is 1. The molecule has 2 aromatic rings. The summed E-state index contributed by atoms with van der Waals surface area (Å²) in [5.74, 6) is 0.422. The van der Waals surface area contributed by atoms with E-state index >= 15 is 0 Å². The van der Waals surface area contributed by atoms with Gasteiger partial charge in [0.15, 0.2) is 12.1 Å². The molecule has 0 aliphatic heterocycles. The number of rotatable bonds is 2. The highest BCUT2D eigenvalue weighted by Crippen LogP contribution is 2.18. The standard InChI is InChI=1S/C11H9BrN2O/c1-8-6-13-11(7-15)14(8)10-4-2-3-9(12)5-10/h2-7H,1H3. The van der Waals surface area contributed by atoms with E-state index in [9.17, 15) is 4.79 Å². The molecule has 1 aromatic heterocycles. The van der Waals surface area contributed by atoms with Crippen molar-refractivity contribution in [2.24, 2.45) is 0 Å². The first-order valence-electron chi connectivity index (χ1n) is 4.48. The zero-order valence-corrected chi connectivity index (χ0v) is 9.73. The van der Waals surface area contributed by atoms with Gasteiger partial charge in [-0.15, -0.1) is 0 Å². The minimum absolute atomic E-state index is 0.422. The molecule has 15 heavy (non-hydrogen) atoms. The second-order valence-corrected chi connectivity index (χ2v) is 4.11. The molecule has 0 aliphatic carbocycles. The maximum absolute atomic E-state index is 10.8. The van der Waals surface area contributed by atoms with Gasteiger partial charge in [-0.05, 0) is 25.1 Å². The lowest BCUT2D eigenvalue weighted by Crippen LogP contribution is -2.01. The lowest BCUT2D eigenvalue weighted by atomic mass is 10.3. The van der Waals surface area contributed by atoms with Gasteiger partial charge in [0.25, 0.3) is 0 Å². The van der Waals surface area contributed by atoms with Crippen LogP contribution in [0.2, 0.25) is 0 Å². The van der Waals surface area contributed by atoms with E-state index in [1.54, 1.807) is 6.20 Å². The largest absolute Gasteiger partial charge is 0.295 e. The fourth-order valence-corrected chi connectivity index (χ4v) is 1.88. The summed E-state index contributed by atoms with van der Waals surface area (Å²) >= 11 is 3.40. The fraction of sp³-hybridized carbons (Fsp3) is 0.0909. The molecule has 0 saturated heterocycles. The molecule has 0 N–H and O–H groups in total. The highest BCUT2D eigenvalue weighted by Gasteiger charge is 2.07. The van der Waals surface area contributed by atoms with Gasteiger partial charge >= 0.3 is 0 Å². The highest BCUT2D eigenvalue weighted by atomic mass is 79.9. The Balaban J connectivity index is 2.62. The SMILES string of the molecule is Cc1cnc(C=O)n1-c1cccc(Br)c1. The zero-order chi connectivity index (χ0) is 10.8. The van der Waals surface area contributed by atoms with Gasteiger partial charge in [-0.25, -0.2) is 4.98 Å². The Hall–Kier alpha value is -1.42. The number of halogens is 1. The highest BCUT2D eigenvalue weighted by molar-refractivity contribution is 9.10. The summed E-state index contributed by atoms with van der Waals surface area (Å²) in [5, 5.41) is 0. The summed E-state index contributed by atoms with van der Waals surface area (Å²) in [6.07, 6.45) is 2.44. The summed E-state index contributed by atoms with van der Waals surface area (Å²) in [6.45, 7) is 1.92. The summed E-state index contributed by atoms with van der Waals surface area (Å²) in [4.78, 5) is 14.8. The van der Waals surface area contributed by atoms with Crippen LogP contribution in [-0.4, -0.2) is 15.8 Å². The molecule has 0 bridgehead atoms. The van der Waals surface area contributed by atoms with Crippen molar-refractivity contribution < 1.29 is 4.79 Å². The molecule has 1 aromatic carbocycles. The average Bonchev–Trinajstić information content (AvgIpc) is 2.59. The number of benzene rings is 1. The molecule has 0 spiro atoms. The van der Waals surface area contributed by atoms with Crippen molar-refractivity contribution in [3.63, 3.8) is 0 Å². The molecule has 0 unspecified atom stereocenters. The number of aldehydes is 1. The summed E-state index contributed by atoms with van der Waals surface area (Å²) < 4.78 is 2.79. The van der Waals surface area contributed by atoms with Crippen molar-refractivity contribution in [2.45, 2.75) is 6.92 Å². The van der Waals surface area contributed by atoms with E-state index < -0.39 is 0 Å². The van der Waals surface area contributed by atoms with Gasteiger partial charge in [0.05, 0.1) is 0 Å². The number of aryl methyl sites for hydroxylation is 1. The van der Waals surface area contributed by atoms with Crippen LogP contribution < -0.4 is 0 Å². The van der Waals surface area contributed by atoms with E-state index in [1.165, 1.54) is 0 Å². The van der Waals surface area contributed by atoms with Crippen LogP contribution in [0.5, 0.6) is 0 Å². The molecule has 76 valence electrons. The van der Waals surface area contributed by atoms with Crippen LogP contribution in [0, 0.1) is 6.92 Å². The number of aromatic nitrogens is 2. The van der Waals surface area contributed by atoms with Crippen LogP contribution in [-0.2, 0) is 0 Å². The summed E-state index contributed by atoms with van der Waals surface area (Å²) in [6, 6.07) is 7.75. The predicted molar refractivity (Wildman–Crippen MR) is 61.4 cm³/mol. The molecule has 0 fully saturated rings. The first-order valence-corrected chi connectivity index (χ1v) is 5.27. The van der Waals surface area contributed by atoms with Crippen molar-refractivity contribution >= 4 is 22.2 Å². The van der Waals surface area contributed by atoms with Gasteiger partial charge in [0, 0.05) is 22.1 Å². The lowest BCUT2D eigenvalue weighted by molar-refractivity contribution is 0.111. The molecule has 3 nitrogen and oxygen atoms in total. The van der Waals surface area contributed by atoms with E-state index in [4.69, 9.17) is 0 Å². The van der Waals surface area contributed by atoms with Crippen molar-refractivity contribution in [1.82, 2.24) is 9.55 Å². The quantitative estimate of drug-likeness (QED) is 0.782. The second-order valence-electron chi connectivity index (χ2n) is 3.19. The first kappa shape index (κ1) is 10.1. The maximum Gasteiger partial charge on any atom is 0.185 e. The molecule has 2 rings (SSSR count). The van der Waals surface area contributed by atoms with E-state index in [-0.39, 0.29) is 0 Å². The number of hydrogen-bond donors (Lipinski definition) is 0. The van der Waals surface area contributed by atoms with Crippen LogP contribution in [0.4, 0.5) is 0 Å². The number of imidazole rings is 1. The van der Waals surface area contributed by atoms with Gasteiger partial charge in [-0.3, -0.25) is 9.36 Å². The molecule has 0 atom stereocenters. The Kier molecular flexibility index (Phi) is 2.68. The van der Waals surface area contributed by atoms with Crippen LogP contribution in [0.1, 0.15) is 16.3 Å². The van der Waals surface area contributed by atoms with Crippen LogP contribution in [0.15, 0.2) is 34.9 Å². The second kappa shape index (κ2) is 3.98. The minimum atomic E-state index is 0.422. The van der Waals surface area contributed by atoms with Crippen LogP contribution >= 0.6 is 15.9 Å². The Morgan fingerprint density at radius 3 is 2.93 bits per heavy atom. The van der Waals surface area contributed by atoms with Gasteiger partial charge in [-0.2, -0.15) is 0 Å². The summed E-state index contributed by atoms with van der Waals surface area (Å²) in [7, 11) is 0. The third kappa shape index (κ3) is 1.85. The Labute approximate surface area is 95.9 Å². The van der Waals surface area contributed by atoms with Gasteiger partial charge < -0.3 is 0 Å². The van der Waals surface area contributed by atoms with E-state index in [0.717, 1.165) is 22.1 Å². The lowest BCUT2D eigenvalue weighted by Gasteiger charge is -2.07. The Morgan fingerprint density at radius 2 is 2.27 bits per heavy atom. The van der Waals surface area contributed by atoms with Crippen molar-refractivity contribution in [2.75, 3.05) is 0 Å². The first-order chi connectivity index (χ1) is 7.22. The topological polar surface area (TPSA) is 34.9 Å². The van der Waals surface area contributed by atoms with Gasteiger partial charge in [-0.1, -0.05) is 22.0 Å². The normalized spacial score (nSPS) is 10.3. The third-order valence-corrected chi connectivity index (χ3v) is 2.63. The molecular weight excluding hydrogens is 256 g/mol. The molecule has 0 aliphatic rings. The maximum atomic E-state index is 10.8. The number of carbonyl (C=O) groups is 1. The van der Waals surface area contributed by atoms with Gasteiger partial charge in [0.1, 0.15) is 0 Å². The van der Waals surface area contributed by atoms with E-state index in [1.807, 2.05) is 35.8 Å². The molecule has 0 saturated carbocycles. The predicted octanol–water partition coefficient (Wildman–Crippen LogP) is 2.76. The van der Waals surface area contributed by atoms with E-state index in [0.29, 0.717) is 5.82 Å². The van der Waals surface area contributed by atoms with Crippen molar-refractivity contribution in [3.05, 3.63) is 46.5 Å². The molecule has 4 heteroatoms. The molecular formula is C11H9BrN2O. The smallest absolute Gasteiger partial charge is 0.185 e. The third-order valence-electron chi connectivity index (χ3n) is 2.14. The van der Waals surface area contributed by atoms with Crippen molar-refractivity contribution in [1.29, 1.82) is 0 Å². The summed E-state index contributed by atoms with van der Waals surface area (Å²) in [5.41, 5.74) is 1.87. The Morgan fingerprint density at radius 1 is 1.47 bits per heavy atom. The molecule has 0 amide bonds. The molecule has 1 heterocycles. The fourth-order valence-electron chi connectivity index (χ4n) is 1.49. The number of hydrogen-bond acceptors (Lipinski definition) is 2. The molecule has 0 radical (unpaired) electrons. The monoisotopic (exact) mass is 264 g/mol. The van der Waals surface area contributed by atoms with Gasteiger partial charge in [0.2, 0.25) is 0 Å². The van der Waals surface area contributed by atoms with E-state index in [2.05, 4.69) is 20.9 Å². The Bertz CT molecular complexity index is 505. The zero-order valence-electron chi connectivity index (χ0n) is 8.14. The van der Waals surface area contributed by atoms with Crippen LogP contribution in [0.3, 0.4) is 0 Å². The average molecular weight is 265 g/mol. The minimum Gasteiger partial charge on any atom is -0.295 e. The van der Waals surface area contributed by atoms with Crippen LogP contribution in [0.25, 0.3) is 5.69 Å². The number of nitrogens with zero attached hydrogens (tertiary/aromatic N) is 2.